The molecule has 0 atom stereocenters. The van der Waals surface area contributed by atoms with Crippen molar-refractivity contribution in [3.8, 4) is 5.75 Å². The Hall–Kier alpha value is -2.54. The minimum atomic E-state index is -3.50. The van der Waals surface area contributed by atoms with Gasteiger partial charge >= 0.3 is 0 Å². The fraction of sp³-hybridized carbons (Fsp3) is 0.350. The standard InChI is InChI=1S/C20H24N2O4S/c1-20(2)14-26-18-13-16(9-10-17(18)22(3)19(20)23)21-27(24,25)12-11-15-7-5-4-6-8-15/h4-10,13,21H,11-12,14H2,1-3H3. The van der Waals surface area contributed by atoms with E-state index in [1.807, 2.05) is 44.2 Å². The Morgan fingerprint density at radius 1 is 1.15 bits per heavy atom. The lowest BCUT2D eigenvalue weighted by Gasteiger charge is -2.24. The van der Waals surface area contributed by atoms with Crippen molar-refractivity contribution < 1.29 is 17.9 Å². The number of amides is 1. The summed E-state index contributed by atoms with van der Waals surface area (Å²) in [7, 11) is -1.81. The fourth-order valence-corrected chi connectivity index (χ4v) is 4.07. The fourth-order valence-electron chi connectivity index (χ4n) is 2.98. The molecule has 0 fully saturated rings. The van der Waals surface area contributed by atoms with Gasteiger partial charge in [0.15, 0.2) is 0 Å². The predicted octanol–water partition coefficient (Wildman–Crippen LogP) is 3.05. The molecule has 1 N–H and O–H groups in total. The molecule has 1 amide bonds. The smallest absolute Gasteiger partial charge is 0.235 e. The summed E-state index contributed by atoms with van der Waals surface area (Å²) in [6.07, 6.45) is 0.434. The van der Waals surface area contributed by atoms with Gasteiger partial charge in [0.2, 0.25) is 15.9 Å². The number of nitrogens with one attached hydrogen (secondary N) is 1. The van der Waals surface area contributed by atoms with E-state index in [-0.39, 0.29) is 18.3 Å². The molecular weight excluding hydrogens is 364 g/mol. The van der Waals surface area contributed by atoms with Crippen molar-refractivity contribution in [2.75, 3.05) is 29.0 Å². The Morgan fingerprint density at radius 2 is 1.85 bits per heavy atom. The quantitative estimate of drug-likeness (QED) is 0.854. The molecule has 0 saturated heterocycles. The zero-order valence-corrected chi connectivity index (χ0v) is 16.5. The van der Waals surface area contributed by atoms with Crippen molar-refractivity contribution in [2.45, 2.75) is 20.3 Å². The van der Waals surface area contributed by atoms with Gasteiger partial charge in [-0.2, -0.15) is 0 Å². The van der Waals surface area contributed by atoms with Crippen molar-refractivity contribution in [1.29, 1.82) is 0 Å². The average molecular weight is 388 g/mol. The summed E-state index contributed by atoms with van der Waals surface area (Å²) >= 11 is 0. The van der Waals surface area contributed by atoms with Crippen molar-refractivity contribution in [2.24, 2.45) is 5.41 Å². The Balaban J connectivity index is 1.75. The number of benzene rings is 2. The second-order valence-electron chi connectivity index (χ2n) is 7.38. The number of rotatable bonds is 5. The summed E-state index contributed by atoms with van der Waals surface area (Å²) in [6, 6.07) is 14.4. The number of carbonyl (C=O) groups excluding carboxylic acids is 1. The number of nitrogens with zero attached hydrogens (tertiary/aromatic N) is 1. The molecule has 0 unspecified atom stereocenters. The minimum absolute atomic E-state index is 0.0135. The molecule has 0 spiro atoms. The molecule has 7 heteroatoms. The normalized spacial score (nSPS) is 16.3. The van der Waals surface area contributed by atoms with E-state index >= 15 is 0 Å². The van der Waals surface area contributed by atoms with Crippen molar-refractivity contribution >= 4 is 27.3 Å². The number of sulfonamides is 1. The zero-order valence-electron chi connectivity index (χ0n) is 15.7. The first-order chi connectivity index (χ1) is 12.7. The third kappa shape index (κ3) is 4.42. The molecule has 0 bridgehead atoms. The molecule has 0 radical (unpaired) electrons. The third-order valence-electron chi connectivity index (χ3n) is 4.57. The van der Waals surface area contributed by atoms with Gasteiger partial charge in [-0.25, -0.2) is 8.42 Å². The van der Waals surface area contributed by atoms with E-state index in [1.165, 1.54) is 0 Å². The molecule has 27 heavy (non-hydrogen) atoms. The Bertz CT molecular complexity index is 940. The lowest BCUT2D eigenvalue weighted by atomic mass is 9.93. The van der Waals surface area contributed by atoms with Crippen LogP contribution in [0.3, 0.4) is 0 Å². The van der Waals surface area contributed by atoms with Gasteiger partial charge in [0.1, 0.15) is 12.4 Å². The number of hydrogen-bond acceptors (Lipinski definition) is 4. The van der Waals surface area contributed by atoms with Gasteiger partial charge in [-0.15, -0.1) is 0 Å². The maximum absolute atomic E-state index is 12.5. The van der Waals surface area contributed by atoms with Crippen molar-refractivity contribution in [1.82, 2.24) is 0 Å². The number of ether oxygens (including phenoxy) is 1. The van der Waals surface area contributed by atoms with Crippen LogP contribution in [0, 0.1) is 5.41 Å². The monoisotopic (exact) mass is 388 g/mol. The Kier molecular flexibility index (Phi) is 5.15. The summed E-state index contributed by atoms with van der Waals surface area (Å²) in [5.41, 5.74) is 1.36. The lowest BCUT2D eigenvalue weighted by Crippen LogP contribution is -2.39. The van der Waals surface area contributed by atoms with E-state index in [0.29, 0.717) is 23.5 Å². The largest absolute Gasteiger partial charge is 0.490 e. The minimum Gasteiger partial charge on any atom is -0.490 e. The van der Waals surface area contributed by atoms with Gasteiger partial charge in [0, 0.05) is 13.1 Å². The van der Waals surface area contributed by atoms with Crippen molar-refractivity contribution in [3.63, 3.8) is 0 Å². The van der Waals surface area contributed by atoms with Gasteiger partial charge < -0.3 is 9.64 Å². The molecule has 3 rings (SSSR count). The second-order valence-corrected chi connectivity index (χ2v) is 9.22. The maximum atomic E-state index is 12.5. The van der Waals surface area contributed by atoms with E-state index in [1.54, 1.807) is 30.1 Å². The molecule has 0 saturated carbocycles. The molecule has 2 aromatic carbocycles. The summed E-state index contributed by atoms with van der Waals surface area (Å²) in [6.45, 7) is 3.88. The van der Waals surface area contributed by atoms with Crippen LogP contribution in [0.25, 0.3) is 0 Å². The number of hydrogen-bond donors (Lipinski definition) is 1. The molecule has 2 aromatic rings. The van der Waals surface area contributed by atoms with E-state index < -0.39 is 15.4 Å². The van der Waals surface area contributed by atoms with Gasteiger partial charge in [-0.05, 0) is 38.0 Å². The Labute approximate surface area is 160 Å². The van der Waals surface area contributed by atoms with Crippen LogP contribution in [0.4, 0.5) is 11.4 Å². The first kappa shape index (κ1) is 19.2. The molecule has 1 aliphatic heterocycles. The van der Waals surface area contributed by atoms with Crippen LogP contribution in [0.5, 0.6) is 5.75 Å². The van der Waals surface area contributed by atoms with Crippen LogP contribution >= 0.6 is 0 Å². The predicted molar refractivity (Wildman–Crippen MR) is 107 cm³/mol. The zero-order chi connectivity index (χ0) is 19.7. The number of carbonyl (C=O) groups is 1. The first-order valence-corrected chi connectivity index (χ1v) is 10.4. The van der Waals surface area contributed by atoms with E-state index in [9.17, 15) is 13.2 Å². The summed E-state index contributed by atoms with van der Waals surface area (Å²) in [5.74, 6) is 0.428. The van der Waals surface area contributed by atoms with Crippen LogP contribution in [-0.4, -0.2) is 33.7 Å². The molecular formula is C20H24N2O4S. The topological polar surface area (TPSA) is 75.7 Å². The third-order valence-corrected chi connectivity index (χ3v) is 5.86. The molecule has 1 heterocycles. The van der Waals surface area contributed by atoms with Crippen LogP contribution in [0.1, 0.15) is 19.4 Å². The molecule has 144 valence electrons. The highest BCUT2D eigenvalue weighted by Gasteiger charge is 2.36. The molecule has 1 aliphatic rings. The van der Waals surface area contributed by atoms with Crippen LogP contribution in [0.2, 0.25) is 0 Å². The van der Waals surface area contributed by atoms with Gasteiger partial charge in [0.05, 0.1) is 22.5 Å². The number of aryl methyl sites for hydroxylation is 1. The van der Waals surface area contributed by atoms with E-state index in [0.717, 1.165) is 5.56 Å². The lowest BCUT2D eigenvalue weighted by molar-refractivity contribution is -0.127. The summed E-state index contributed by atoms with van der Waals surface area (Å²) in [4.78, 5) is 14.0. The first-order valence-electron chi connectivity index (χ1n) is 8.77. The van der Waals surface area contributed by atoms with Crippen LogP contribution in [-0.2, 0) is 21.2 Å². The van der Waals surface area contributed by atoms with E-state index in [2.05, 4.69) is 4.72 Å². The highest BCUT2D eigenvalue weighted by Crippen LogP contribution is 2.37. The number of fused-ring (bicyclic) bond motifs is 1. The summed E-state index contributed by atoms with van der Waals surface area (Å²) < 4.78 is 33.2. The second kappa shape index (κ2) is 7.23. The highest BCUT2D eigenvalue weighted by atomic mass is 32.2. The molecule has 6 nitrogen and oxygen atoms in total. The summed E-state index contributed by atoms with van der Waals surface area (Å²) in [5, 5.41) is 0. The van der Waals surface area contributed by atoms with Crippen LogP contribution < -0.4 is 14.4 Å². The van der Waals surface area contributed by atoms with Crippen molar-refractivity contribution in [3.05, 3.63) is 54.1 Å². The highest BCUT2D eigenvalue weighted by molar-refractivity contribution is 7.92. The average Bonchev–Trinajstić information content (AvgIpc) is 2.71. The maximum Gasteiger partial charge on any atom is 0.235 e. The van der Waals surface area contributed by atoms with Gasteiger partial charge in [-0.3, -0.25) is 9.52 Å². The van der Waals surface area contributed by atoms with Gasteiger partial charge in [-0.1, -0.05) is 30.3 Å². The SMILES string of the molecule is CN1C(=O)C(C)(C)COc2cc(NS(=O)(=O)CCc3ccccc3)ccc21. The van der Waals surface area contributed by atoms with E-state index in [4.69, 9.17) is 4.74 Å². The van der Waals surface area contributed by atoms with Crippen LogP contribution in [0.15, 0.2) is 48.5 Å². The van der Waals surface area contributed by atoms with Gasteiger partial charge in [0.25, 0.3) is 0 Å². The molecule has 0 aliphatic carbocycles. The number of anilines is 2. The Morgan fingerprint density at radius 3 is 2.56 bits per heavy atom. The molecule has 0 aromatic heterocycles.